The van der Waals surface area contributed by atoms with Crippen LogP contribution in [0.1, 0.15) is 71.1 Å². The Hall–Kier alpha value is -0.270. The maximum atomic E-state index is 9.94. The summed E-state index contributed by atoms with van der Waals surface area (Å²) < 4.78 is 10.5. The van der Waals surface area contributed by atoms with E-state index in [0.717, 1.165) is 12.8 Å². The summed E-state index contributed by atoms with van der Waals surface area (Å²) in [6.07, 6.45) is 8.23. The number of hydrogen-bond donors (Lipinski definition) is 3. The molecule has 6 heteroatoms. The number of hydrogen-bond acceptors (Lipinski definition) is 6. The molecule has 0 aromatic heterocycles. The highest BCUT2D eigenvalue weighted by atomic mass is 32.1. The summed E-state index contributed by atoms with van der Waals surface area (Å²) in [4.78, 5) is 0. The van der Waals surface area contributed by atoms with Crippen LogP contribution in [0.2, 0.25) is 0 Å². The van der Waals surface area contributed by atoms with E-state index in [4.69, 9.17) is 21.7 Å². The Morgan fingerprint density at radius 3 is 2.21 bits per heavy atom. The first-order chi connectivity index (χ1) is 11.6. The molecule has 1 fully saturated rings. The lowest BCUT2D eigenvalue weighted by molar-refractivity contribution is -0.0663. The lowest BCUT2D eigenvalue weighted by Gasteiger charge is -2.21. The zero-order valence-electron chi connectivity index (χ0n) is 14.9. The molecule has 4 atom stereocenters. The van der Waals surface area contributed by atoms with E-state index < -0.39 is 24.4 Å². The van der Waals surface area contributed by atoms with Gasteiger partial charge >= 0.3 is 0 Å². The van der Waals surface area contributed by atoms with Gasteiger partial charge in [-0.05, 0) is 18.6 Å². The van der Waals surface area contributed by atoms with Crippen LogP contribution in [-0.2, 0) is 9.47 Å². The molecule has 1 aliphatic heterocycles. The smallest absolute Gasteiger partial charge is 0.159 e. The molecule has 1 saturated heterocycles. The fraction of sp³-hybridized carbons (Fsp3) is 0.944. The molecule has 5 nitrogen and oxygen atoms in total. The minimum Gasteiger partial charge on any atom is -0.484 e. The van der Waals surface area contributed by atoms with Crippen LogP contribution in [0.15, 0.2) is 0 Å². The zero-order valence-corrected chi connectivity index (χ0v) is 15.7. The number of ether oxygens (including phenoxy) is 2. The highest BCUT2D eigenvalue weighted by molar-refractivity contribution is 7.80. The topological polar surface area (TPSA) is 79.2 Å². The van der Waals surface area contributed by atoms with Gasteiger partial charge in [0.2, 0.25) is 0 Å². The average Bonchev–Trinajstić information content (AvgIpc) is 2.90. The zero-order chi connectivity index (χ0) is 17.8. The molecular weight excluding hydrogens is 328 g/mol. The van der Waals surface area contributed by atoms with Crippen molar-refractivity contribution in [3.05, 3.63) is 0 Å². The molecule has 0 spiro atoms. The van der Waals surface area contributed by atoms with Gasteiger partial charge in [-0.2, -0.15) is 0 Å². The Balaban J connectivity index is 1.96. The Morgan fingerprint density at radius 2 is 1.67 bits per heavy atom. The minimum absolute atomic E-state index is 0.00922. The SMILES string of the molecule is CCCCCCCCCCCC(=S)OC[C@H](O)[C@H]1OC[C@@H](O)[C@H]1O. The predicted molar refractivity (Wildman–Crippen MR) is 98.2 cm³/mol. The van der Waals surface area contributed by atoms with E-state index in [-0.39, 0.29) is 13.2 Å². The van der Waals surface area contributed by atoms with E-state index in [2.05, 4.69) is 6.92 Å². The normalized spacial score (nSPS) is 24.9. The van der Waals surface area contributed by atoms with Crippen LogP contribution in [0.4, 0.5) is 0 Å². The van der Waals surface area contributed by atoms with Crippen LogP contribution in [-0.4, -0.2) is 58.0 Å². The van der Waals surface area contributed by atoms with Crippen molar-refractivity contribution in [2.45, 2.75) is 95.5 Å². The third-order valence-electron chi connectivity index (χ3n) is 4.47. The molecule has 0 amide bonds. The highest BCUT2D eigenvalue weighted by Crippen LogP contribution is 2.18. The van der Waals surface area contributed by atoms with Crippen LogP contribution in [0.25, 0.3) is 0 Å². The third kappa shape index (κ3) is 8.72. The van der Waals surface area contributed by atoms with Crippen molar-refractivity contribution in [2.24, 2.45) is 0 Å². The van der Waals surface area contributed by atoms with E-state index in [0.29, 0.717) is 11.5 Å². The minimum atomic E-state index is -1.07. The van der Waals surface area contributed by atoms with Crippen LogP contribution >= 0.6 is 12.2 Å². The lowest BCUT2D eigenvalue weighted by atomic mass is 10.1. The van der Waals surface area contributed by atoms with Gasteiger partial charge in [0.05, 0.1) is 6.61 Å². The molecule has 0 aromatic rings. The van der Waals surface area contributed by atoms with Crippen molar-refractivity contribution in [3.8, 4) is 0 Å². The predicted octanol–water partition coefficient (Wildman–Crippen LogP) is 2.73. The van der Waals surface area contributed by atoms with Gasteiger partial charge in [-0.25, -0.2) is 0 Å². The molecule has 142 valence electrons. The fourth-order valence-corrected chi connectivity index (χ4v) is 3.10. The molecule has 1 heterocycles. The van der Waals surface area contributed by atoms with Gasteiger partial charge < -0.3 is 24.8 Å². The molecule has 0 aromatic carbocycles. The number of unbranched alkanes of at least 4 members (excludes halogenated alkanes) is 8. The van der Waals surface area contributed by atoms with E-state index in [1.54, 1.807) is 0 Å². The Bertz CT molecular complexity index is 339. The van der Waals surface area contributed by atoms with Crippen molar-refractivity contribution in [1.29, 1.82) is 0 Å². The van der Waals surface area contributed by atoms with Crippen LogP contribution in [0, 0.1) is 0 Å². The molecule has 0 bridgehead atoms. The monoisotopic (exact) mass is 362 g/mol. The maximum Gasteiger partial charge on any atom is 0.159 e. The Kier molecular flexibility index (Phi) is 11.8. The van der Waals surface area contributed by atoms with Crippen LogP contribution < -0.4 is 0 Å². The second kappa shape index (κ2) is 13.0. The van der Waals surface area contributed by atoms with Gasteiger partial charge in [0.1, 0.15) is 31.0 Å². The summed E-state index contributed by atoms with van der Waals surface area (Å²) >= 11 is 5.16. The summed E-state index contributed by atoms with van der Waals surface area (Å²) in [5.41, 5.74) is 0. The average molecular weight is 363 g/mol. The van der Waals surface area contributed by atoms with Gasteiger partial charge in [-0.15, -0.1) is 0 Å². The number of aliphatic hydroxyl groups is 3. The second-order valence-corrected chi connectivity index (χ2v) is 7.14. The Morgan fingerprint density at radius 1 is 1.08 bits per heavy atom. The summed E-state index contributed by atoms with van der Waals surface area (Å²) in [5.74, 6) is 0. The second-order valence-electron chi connectivity index (χ2n) is 6.68. The first-order valence-electron chi connectivity index (χ1n) is 9.37. The van der Waals surface area contributed by atoms with Gasteiger partial charge in [0, 0.05) is 6.42 Å². The van der Waals surface area contributed by atoms with Gasteiger partial charge in [-0.1, -0.05) is 58.3 Å². The molecule has 1 aliphatic rings. The summed E-state index contributed by atoms with van der Waals surface area (Å²) in [6.45, 7) is 2.26. The maximum absolute atomic E-state index is 9.94. The van der Waals surface area contributed by atoms with E-state index in [1.807, 2.05) is 0 Å². The summed E-state index contributed by atoms with van der Waals surface area (Å²) in [6, 6.07) is 0. The number of thiocarbonyl (C=S) groups is 1. The quantitative estimate of drug-likeness (QED) is 0.345. The molecule has 0 saturated carbocycles. The highest BCUT2D eigenvalue weighted by Gasteiger charge is 2.39. The summed E-state index contributed by atoms with van der Waals surface area (Å²) in [7, 11) is 0. The van der Waals surface area contributed by atoms with Crippen molar-refractivity contribution in [3.63, 3.8) is 0 Å². The van der Waals surface area contributed by atoms with Crippen molar-refractivity contribution >= 4 is 17.3 Å². The lowest BCUT2D eigenvalue weighted by Crippen LogP contribution is -2.41. The van der Waals surface area contributed by atoms with E-state index >= 15 is 0 Å². The van der Waals surface area contributed by atoms with E-state index in [9.17, 15) is 15.3 Å². The van der Waals surface area contributed by atoms with E-state index in [1.165, 1.54) is 44.9 Å². The molecule has 0 radical (unpaired) electrons. The Labute approximate surface area is 151 Å². The third-order valence-corrected chi connectivity index (χ3v) is 4.79. The molecule has 1 rings (SSSR count). The molecule has 0 aliphatic carbocycles. The standard InChI is InChI=1S/C18H34O5S/c1-2-3-4-5-6-7-8-9-10-11-16(24)22-13-15(20)18-17(21)14(19)12-23-18/h14-15,17-21H,2-13H2,1H3/t14-,15+,17-,18-/m1/s1. The molecule has 3 N–H and O–H groups in total. The van der Waals surface area contributed by atoms with Crippen molar-refractivity contribution in [1.82, 2.24) is 0 Å². The summed E-state index contributed by atoms with van der Waals surface area (Å²) in [5, 5.41) is 29.5. The number of rotatable bonds is 13. The number of aliphatic hydroxyl groups excluding tert-OH is 3. The van der Waals surface area contributed by atoms with Crippen LogP contribution in [0.3, 0.4) is 0 Å². The first-order valence-corrected chi connectivity index (χ1v) is 9.78. The first kappa shape index (κ1) is 21.8. The van der Waals surface area contributed by atoms with Crippen LogP contribution in [0.5, 0.6) is 0 Å². The largest absolute Gasteiger partial charge is 0.484 e. The fourth-order valence-electron chi connectivity index (χ4n) is 2.89. The molecule has 0 unspecified atom stereocenters. The van der Waals surface area contributed by atoms with Crippen molar-refractivity contribution < 1.29 is 24.8 Å². The molecule has 24 heavy (non-hydrogen) atoms. The van der Waals surface area contributed by atoms with Gasteiger partial charge in [-0.3, -0.25) is 0 Å². The van der Waals surface area contributed by atoms with Gasteiger partial charge in [0.25, 0.3) is 0 Å². The van der Waals surface area contributed by atoms with Crippen molar-refractivity contribution in [2.75, 3.05) is 13.2 Å². The molecular formula is C18H34O5S. The van der Waals surface area contributed by atoms with Gasteiger partial charge in [0.15, 0.2) is 5.05 Å².